The third-order valence-electron chi connectivity index (χ3n) is 4.90. The van der Waals surface area contributed by atoms with Crippen molar-refractivity contribution in [3.63, 3.8) is 0 Å². The number of hydrogen-bond donors (Lipinski definition) is 3. The van der Waals surface area contributed by atoms with Gasteiger partial charge in [-0.2, -0.15) is 0 Å². The molecule has 0 heterocycles. The highest BCUT2D eigenvalue weighted by atomic mass is 16.4. The van der Waals surface area contributed by atoms with Gasteiger partial charge in [0.1, 0.15) is 6.04 Å². The van der Waals surface area contributed by atoms with Gasteiger partial charge in [-0.05, 0) is 48.6 Å². The summed E-state index contributed by atoms with van der Waals surface area (Å²) in [7, 11) is 0. The number of rotatable bonds is 7. The van der Waals surface area contributed by atoms with Crippen LogP contribution in [-0.4, -0.2) is 29.6 Å². The maximum absolute atomic E-state index is 12.0. The van der Waals surface area contributed by atoms with Crippen molar-refractivity contribution in [2.45, 2.75) is 38.3 Å². The Balaban J connectivity index is 1.72. The Bertz CT molecular complexity index is 803. The van der Waals surface area contributed by atoms with E-state index in [9.17, 15) is 14.7 Å². The quantitative estimate of drug-likeness (QED) is 0.716. The second-order valence-electron chi connectivity index (χ2n) is 6.60. The maximum Gasteiger partial charge on any atom is 0.321 e. The number of carboxylic acids is 1. The van der Waals surface area contributed by atoms with Crippen LogP contribution in [0.1, 0.15) is 46.3 Å². The van der Waals surface area contributed by atoms with E-state index < -0.39 is 12.0 Å². The summed E-state index contributed by atoms with van der Waals surface area (Å²) in [5.74, 6) is -0.990. The summed E-state index contributed by atoms with van der Waals surface area (Å²) < 4.78 is 0. The van der Waals surface area contributed by atoms with E-state index in [2.05, 4.69) is 16.7 Å². The molecule has 0 spiro atoms. The topological polar surface area (TPSA) is 78.4 Å². The van der Waals surface area contributed by atoms with E-state index in [-0.39, 0.29) is 11.8 Å². The maximum atomic E-state index is 12.0. The molecule has 136 valence electrons. The fourth-order valence-electron chi connectivity index (χ4n) is 3.65. The summed E-state index contributed by atoms with van der Waals surface area (Å²) in [5, 5.41) is 15.7. The summed E-state index contributed by atoms with van der Waals surface area (Å²) in [4.78, 5) is 23.8. The SMILES string of the molecule is CCNC(=O)c1cccc(CNC(C(=O)O)C2CCc3ccccc32)c1. The van der Waals surface area contributed by atoms with Gasteiger partial charge in [-0.15, -0.1) is 0 Å². The number of fused-ring (bicyclic) bond motifs is 1. The molecule has 1 aliphatic rings. The van der Waals surface area contributed by atoms with Crippen molar-refractivity contribution >= 4 is 11.9 Å². The molecular formula is C21H24N2O3. The second kappa shape index (κ2) is 8.15. The highest BCUT2D eigenvalue weighted by Crippen LogP contribution is 2.35. The van der Waals surface area contributed by atoms with Crippen molar-refractivity contribution in [1.82, 2.24) is 10.6 Å². The Morgan fingerprint density at radius 1 is 1.19 bits per heavy atom. The summed E-state index contributed by atoms with van der Waals surface area (Å²) in [6, 6.07) is 14.7. The molecule has 0 aromatic heterocycles. The largest absolute Gasteiger partial charge is 0.480 e. The van der Waals surface area contributed by atoms with Crippen LogP contribution >= 0.6 is 0 Å². The standard InChI is InChI=1S/C21H24N2O3/c1-2-22-20(24)16-8-5-6-14(12-16)13-23-19(21(25)26)18-11-10-15-7-3-4-9-17(15)18/h3-9,12,18-19,23H,2,10-11,13H2,1H3,(H,22,24)(H,25,26). The van der Waals surface area contributed by atoms with Crippen molar-refractivity contribution in [2.24, 2.45) is 0 Å². The molecule has 0 saturated heterocycles. The van der Waals surface area contributed by atoms with Crippen LogP contribution in [0.4, 0.5) is 0 Å². The predicted molar refractivity (Wildman–Crippen MR) is 100 cm³/mol. The average molecular weight is 352 g/mol. The van der Waals surface area contributed by atoms with Crippen LogP contribution in [0.2, 0.25) is 0 Å². The molecule has 26 heavy (non-hydrogen) atoms. The summed E-state index contributed by atoms with van der Waals surface area (Å²) >= 11 is 0. The molecule has 3 rings (SSSR count). The molecule has 2 atom stereocenters. The number of carbonyl (C=O) groups is 2. The Hall–Kier alpha value is -2.66. The van der Waals surface area contributed by atoms with E-state index in [4.69, 9.17) is 0 Å². The van der Waals surface area contributed by atoms with E-state index in [1.54, 1.807) is 12.1 Å². The molecule has 1 aliphatic carbocycles. The van der Waals surface area contributed by atoms with Crippen LogP contribution in [0, 0.1) is 0 Å². The molecule has 0 radical (unpaired) electrons. The molecule has 2 unspecified atom stereocenters. The Labute approximate surface area is 153 Å². The van der Waals surface area contributed by atoms with Gasteiger partial charge in [0.15, 0.2) is 0 Å². The minimum atomic E-state index is -0.841. The van der Waals surface area contributed by atoms with Crippen LogP contribution in [-0.2, 0) is 17.8 Å². The van der Waals surface area contributed by atoms with Gasteiger partial charge in [0, 0.05) is 24.6 Å². The first kappa shape index (κ1) is 18.1. The number of aryl methyl sites for hydroxylation is 1. The number of carboxylic acid groups (broad SMARTS) is 1. The molecule has 0 bridgehead atoms. The van der Waals surface area contributed by atoms with Crippen LogP contribution < -0.4 is 10.6 Å². The first-order valence-electron chi connectivity index (χ1n) is 9.01. The zero-order valence-electron chi connectivity index (χ0n) is 14.9. The number of carbonyl (C=O) groups excluding carboxylic acids is 1. The molecule has 3 N–H and O–H groups in total. The Morgan fingerprint density at radius 2 is 2.00 bits per heavy atom. The van der Waals surface area contributed by atoms with Crippen molar-refractivity contribution in [1.29, 1.82) is 0 Å². The van der Waals surface area contributed by atoms with Gasteiger partial charge in [-0.25, -0.2) is 0 Å². The fourth-order valence-corrected chi connectivity index (χ4v) is 3.65. The van der Waals surface area contributed by atoms with Gasteiger partial charge in [-0.3, -0.25) is 14.9 Å². The third kappa shape index (κ3) is 3.94. The lowest BCUT2D eigenvalue weighted by molar-refractivity contribution is -0.140. The summed E-state index contributed by atoms with van der Waals surface area (Å²) in [5.41, 5.74) is 3.85. The van der Waals surface area contributed by atoms with E-state index >= 15 is 0 Å². The molecule has 0 saturated carbocycles. The number of hydrogen-bond acceptors (Lipinski definition) is 3. The van der Waals surface area contributed by atoms with Crippen LogP contribution in [0.5, 0.6) is 0 Å². The monoisotopic (exact) mass is 352 g/mol. The van der Waals surface area contributed by atoms with Crippen molar-refractivity contribution in [3.05, 3.63) is 70.8 Å². The smallest absolute Gasteiger partial charge is 0.321 e. The summed E-state index contributed by atoms with van der Waals surface area (Å²) in [6.45, 7) is 2.85. The third-order valence-corrected chi connectivity index (χ3v) is 4.90. The molecule has 0 fully saturated rings. The van der Waals surface area contributed by atoms with E-state index in [0.717, 1.165) is 24.0 Å². The van der Waals surface area contributed by atoms with Crippen molar-refractivity contribution < 1.29 is 14.7 Å². The Kier molecular flexibility index (Phi) is 5.68. The zero-order valence-corrected chi connectivity index (χ0v) is 14.9. The van der Waals surface area contributed by atoms with Crippen LogP contribution in [0.15, 0.2) is 48.5 Å². The number of nitrogens with one attached hydrogen (secondary N) is 2. The lowest BCUT2D eigenvalue weighted by atomic mass is 9.93. The van der Waals surface area contributed by atoms with Crippen molar-refractivity contribution in [3.8, 4) is 0 Å². The molecule has 2 aromatic carbocycles. The second-order valence-corrected chi connectivity index (χ2v) is 6.60. The lowest BCUT2D eigenvalue weighted by Crippen LogP contribution is -2.40. The fraction of sp³-hybridized carbons (Fsp3) is 0.333. The predicted octanol–water partition coefficient (Wildman–Crippen LogP) is 2.71. The highest BCUT2D eigenvalue weighted by Gasteiger charge is 2.33. The van der Waals surface area contributed by atoms with Gasteiger partial charge < -0.3 is 10.4 Å². The normalized spacial score (nSPS) is 16.7. The number of aliphatic carboxylic acids is 1. The number of benzene rings is 2. The van der Waals surface area contributed by atoms with Gasteiger partial charge in [0.25, 0.3) is 5.91 Å². The minimum absolute atomic E-state index is 0.0322. The summed E-state index contributed by atoms with van der Waals surface area (Å²) in [6.07, 6.45) is 1.75. The van der Waals surface area contributed by atoms with Crippen molar-refractivity contribution in [2.75, 3.05) is 6.54 Å². The Morgan fingerprint density at radius 3 is 2.77 bits per heavy atom. The van der Waals surface area contributed by atoms with Gasteiger partial charge in [0.05, 0.1) is 0 Å². The zero-order chi connectivity index (χ0) is 18.5. The molecule has 0 aliphatic heterocycles. The highest BCUT2D eigenvalue weighted by molar-refractivity contribution is 5.94. The number of amides is 1. The minimum Gasteiger partial charge on any atom is -0.480 e. The van der Waals surface area contributed by atoms with Crippen LogP contribution in [0.25, 0.3) is 0 Å². The van der Waals surface area contributed by atoms with Gasteiger partial charge >= 0.3 is 5.97 Å². The van der Waals surface area contributed by atoms with E-state index in [1.165, 1.54) is 5.56 Å². The van der Waals surface area contributed by atoms with Gasteiger partial charge in [0.2, 0.25) is 0 Å². The first-order valence-corrected chi connectivity index (χ1v) is 9.01. The van der Waals surface area contributed by atoms with Crippen LogP contribution in [0.3, 0.4) is 0 Å². The van der Waals surface area contributed by atoms with E-state index in [1.807, 2.05) is 37.3 Å². The molecular weight excluding hydrogens is 328 g/mol. The molecule has 5 nitrogen and oxygen atoms in total. The lowest BCUT2D eigenvalue weighted by Gasteiger charge is -2.22. The molecule has 2 aromatic rings. The molecule has 5 heteroatoms. The molecule has 1 amide bonds. The van der Waals surface area contributed by atoms with E-state index in [0.29, 0.717) is 18.7 Å². The first-order chi connectivity index (χ1) is 12.6. The van der Waals surface area contributed by atoms with Gasteiger partial charge in [-0.1, -0.05) is 36.4 Å². The average Bonchev–Trinajstić information content (AvgIpc) is 3.06.